The second-order valence-electron chi connectivity index (χ2n) is 6.01. The van der Waals surface area contributed by atoms with Crippen LogP contribution in [0.3, 0.4) is 0 Å². The van der Waals surface area contributed by atoms with Gasteiger partial charge in [0.05, 0.1) is 0 Å². The second-order valence-corrected chi connectivity index (χ2v) is 6.01. The number of hydrogen-bond acceptors (Lipinski definition) is 3. The van der Waals surface area contributed by atoms with Crippen molar-refractivity contribution in [3.63, 3.8) is 0 Å². The number of hydrogen-bond donors (Lipinski definition) is 1. The molecule has 0 atom stereocenters. The topological polar surface area (TPSA) is 55.1 Å². The van der Waals surface area contributed by atoms with Crippen LogP contribution >= 0.6 is 0 Å². The van der Waals surface area contributed by atoms with Crippen LogP contribution < -0.4 is 5.32 Å². The minimum atomic E-state index is -0.259. The van der Waals surface area contributed by atoms with Crippen LogP contribution in [-0.2, 0) is 6.42 Å². The summed E-state index contributed by atoms with van der Waals surface area (Å²) >= 11 is 0. The fourth-order valence-corrected chi connectivity index (χ4v) is 2.89. The van der Waals surface area contributed by atoms with Crippen LogP contribution in [-0.4, -0.2) is 10.9 Å². The lowest BCUT2D eigenvalue weighted by molar-refractivity contribution is 0.0995. The number of carbonyl (C=O) groups is 1. The predicted molar refractivity (Wildman–Crippen MR) is 94.4 cm³/mol. The average molecular weight is 320 g/mol. The van der Waals surface area contributed by atoms with E-state index in [1.807, 2.05) is 6.07 Å². The number of anilines is 1. The molecule has 0 aliphatic rings. The number of aryl methyl sites for hydroxylation is 3. The molecule has 1 aromatic carbocycles. The Kier molecular flexibility index (Phi) is 4.47. The molecule has 4 nitrogen and oxygen atoms in total. The van der Waals surface area contributed by atoms with E-state index in [2.05, 4.69) is 43.2 Å². The summed E-state index contributed by atoms with van der Waals surface area (Å²) in [6, 6.07) is 11.4. The van der Waals surface area contributed by atoms with Crippen LogP contribution in [0.4, 0.5) is 5.69 Å². The molecule has 122 valence electrons. The molecular formula is C20H20N2O2. The van der Waals surface area contributed by atoms with Crippen LogP contribution in [0.15, 0.2) is 53.2 Å². The molecule has 0 fully saturated rings. The highest BCUT2D eigenvalue weighted by Gasteiger charge is 2.13. The van der Waals surface area contributed by atoms with Crippen LogP contribution in [0, 0.1) is 20.8 Å². The first-order valence-corrected chi connectivity index (χ1v) is 7.90. The van der Waals surface area contributed by atoms with E-state index in [4.69, 9.17) is 4.42 Å². The van der Waals surface area contributed by atoms with Crippen molar-refractivity contribution in [2.24, 2.45) is 0 Å². The number of nitrogens with one attached hydrogen (secondary N) is 1. The van der Waals surface area contributed by atoms with Gasteiger partial charge in [-0.2, -0.15) is 0 Å². The van der Waals surface area contributed by atoms with Crippen molar-refractivity contribution in [2.75, 3.05) is 5.32 Å². The lowest BCUT2D eigenvalue weighted by Gasteiger charge is -2.10. The zero-order valence-corrected chi connectivity index (χ0v) is 14.1. The van der Waals surface area contributed by atoms with Gasteiger partial charge in [0.2, 0.25) is 0 Å². The lowest BCUT2D eigenvalue weighted by atomic mass is 9.97. The monoisotopic (exact) mass is 320 g/mol. The number of pyridine rings is 1. The SMILES string of the molecule is Cc1cc(C)c(Cc2ccc(C(=O)Nc3ccncc3)o2)c(C)c1. The summed E-state index contributed by atoms with van der Waals surface area (Å²) in [5.74, 6) is 0.832. The molecule has 3 rings (SSSR count). The first kappa shape index (κ1) is 16.0. The van der Waals surface area contributed by atoms with Gasteiger partial charge in [-0.3, -0.25) is 9.78 Å². The highest BCUT2D eigenvalue weighted by Crippen LogP contribution is 2.21. The van der Waals surface area contributed by atoms with E-state index in [0.29, 0.717) is 17.9 Å². The van der Waals surface area contributed by atoms with Gasteiger partial charge in [0.1, 0.15) is 5.76 Å². The Morgan fingerprint density at radius 3 is 2.38 bits per heavy atom. The highest BCUT2D eigenvalue weighted by molar-refractivity contribution is 6.02. The fraction of sp³-hybridized carbons (Fsp3) is 0.200. The van der Waals surface area contributed by atoms with Gasteiger partial charge in [-0.05, 0) is 61.7 Å². The van der Waals surface area contributed by atoms with Crippen molar-refractivity contribution >= 4 is 11.6 Å². The molecule has 0 radical (unpaired) electrons. The maximum absolute atomic E-state index is 12.2. The standard InChI is InChI=1S/C20H20N2O2/c1-13-10-14(2)18(15(3)11-13)12-17-4-5-19(24-17)20(23)22-16-6-8-21-9-7-16/h4-11H,12H2,1-3H3,(H,21,22,23). The highest BCUT2D eigenvalue weighted by atomic mass is 16.3. The maximum atomic E-state index is 12.2. The summed E-state index contributed by atoms with van der Waals surface area (Å²) in [5.41, 5.74) is 5.68. The number of rotatable bonds is 4. The number of carbonyl (C=O) groups excluding carboxylic acids is 1. The normalized spacial score (nSPS) is 10.6. The van der Waals surface area contributed by atoms with Crippen molar-refractivity contribution in [3.05, 3.63) is 82.6 Å². The summed E-state index contributed by atoms with van der Waals surface area (Å²) in [5, 5.41) is 2.79. The van der Waals surface area contributed by atoms with E-state index < -0.39 is 0 Å². The second kappa shape index (κ2) is 6.71. The van der Waals surface area contributed by atoms with Gasteiger partial charge in [-0.1, -0.05) is 17.7 Å². The molecule has 0 unspecified atom stereocenters. The molecule has 1 amide bonds. The summed E-state index contributed by atoms with van der Waals surface area (Å²) in [4.78, 5) is 16.2. The minimum absolute atomic E-state index is 0.259. The Balaban J connectivity index is 1.75. The van der Waals surface area contributed by atoms with Gasteiger partial charge in [-0.25, -0.2) is 0 Å². The van der Waals surface area contributed by atoms with Crippen LogP contribution in [0.25, 0.3) is 0 Å². The Morgan fingerprint density at radius 1 is 1.04 bits per heavy atom. The third-order valence-corrected chi connectivity index (χ3v) is 4.02. The Labute approximate surface area is 141 Å². The molecule has 1 N–H and O–H groups in total. The first-order valence-electron chi connectivity index (χ1n) is 7.90. The van der Waals surface area contributed by atoms with Gasteiger partial charge in [0, 0.05) is 24.5 Å². The molecule has 0 aliphatic heterocycles. The zero-order chi connectivity index (χ0) is 17.1. The zero-order valence-electron chi connectivity index (χ0n) is 14.1. The van der Waals surface area contributed by atoms with Gasteiger partial charge in [0.15, 0.2) is 5.76 Å². The van der Waals surface area contributed by atoms with Crippen molar-refractivity contribution in [3.8, 4) is 0 Å². The summed E-state index contributed by atoms with van der Waals surface area (Å²) in [6.07, 6.45) is 3.94. The first-order chi connectivity index (χ1) is 11.5. The molecule has 0 spiro atoms. The molecule has 4 heteroatoms. The molecule has 2 heterocycles. The lowest BCUT2D eigenvalue weighted by Crippen LogP contribution is -2.10. The number of nitrogens with zero attached hydrogens (tertiary/aromatic N) is 1. The van der Waals surface area contributed by atoms with E-state index in [1.165, 1.54) is 22.3 Å². The minimum Gasteiger partial charge on any atom is -0.456 e. The third-order valence-electron chi connectivity index (χ3n) is 4.02. The maximum Gasteiger partial charge on any atom is 0.291 e. The quantitative estimate of drug-likeness (QED) is 0.773. The number of amides is 1. The van der Waals surface area contributed by atoms with E-state index >= 15 is 0 Å². The van der Waals surface area contributed by atoms with E-state index in [0.717, 1.165) is 5.76 Å². The van der Waals surface area contributed by atoms with Gasteiger partial charge in [-0.15, -0.1) is 0 Å². The van der Waals surface area contributed by atoms with Crippen LogP contribution in [0.1, 0.15) is 38.6 Å². The Morgan fingerprint density at radius 2 is 1.71 bits per heavy atom. The van der Waals surface area contributed by atoms with Crippen molar-refractivity contribution < 1.29 is 9.21 Å². The van der Waals surface area contributed by atoms with Crippen molar-refractivity contribution in [1.29, 1.82) is 0 Å². The third kappa shape index (κ3) is 3.54. The molecule has 0 saturated carbocycles. The van der Waals surface area contributed by atoms with E-state index in [9.17, 15) is 4.79 Å². The molecule has 24 heavy (non-hydrogen) atoms. The van der Waals surface area contributed by atoms with Crippen LogP contribution in [0.2, 0.25) is 0 Å². The molecule has 0 saturated heterocycles. The van der Waals surface area contributed by atoms with Gasteiger partial charge >= 0.3 is 0 Å². The van der Waals surface area contributed by atoms with E-state index in [1.54, 1.807) is 30.6 Å². The molecular weight excluding hydrogens is 300 g/mol. The number of aromatic nitrogens is 1. The van der Waals surface area contributed by atoms with Crippen LogP contribution in [0.5, 0.6) is 0 Å². The van der Waals surface area contributed by atoms with E-state index in [-0.39, 0.29) is 5.91 Å². The molecule has 0 bridgehead atoms. The summed E-state index contributed by atoms with van der Waals surface area (Å²) in [7, 11) is 0. The molecule has 2 aromatic heterocycles. The Bertz CT molecular complexity index is 843. The van der Waals surface area contributed by atoms with Crippen molar-refractivity contribution in [2.45, 2.75) is 27.2 Å². The molecule has 3 aromatic rings. The molecule has 0 aliphatic carbocycles. The summed E-state index contributed by atoms with van der Waals surface area (Å²) < 4.78 is 5.73. The largest absolute Gasteiger partial charge is 0.456 e. The van der Waals surface area contributed by atoms with Crippen molar-refractivity contribution in [1.82, 2.24) is 4.98 Å². The predicted octanol–water partition coefficient (Wildman–Crippen LogP) is 4.44. The Hall–Kier alpha value is -2.88. The van der Waals surface area contributed by atoms with Gasteiger partial charge in [0.25, 0.3) is 5.91 Å². The average Bonchev–Trinajstić information content (AvgIpc) is 3.00. The fourth-order valence-electron chi connectivity index (χ4n) is 2.89. The van der Waals surface area contributed by atoms with Gasteiger partial charge < -0.3 is 9.73 Å². The smallest absolute Gasteiger partial charge is 0.291 e. The summed E-state index contributed by atoms with van der Waals surface area (Å²) in [6.45, 7) is 6.31. The number of benzene rings is 1. The number of furan rings is 1.